The number of hydrogen-bond acceptors (Lipinski definition) is 3. The molecular formula is C21H20N2O3S. The maximum absolute atomic E-state index is 12.4. The Morgan fingerprint density at radius 1 is 0.778 bits per heavy atom. The van der Waals surface area contributed by atoms with E-state index in [1.54, 1.807) is 42.5 Å². The van der Waals surface area contributed by atoms with E-state index in [2.05, 4.69) is 10.0 Å². The highest BCUT2D eigenvalue weighted by molar-refractivity contribution is 7.92. The summed E-state index contributed by atoms with van der Waals surface area (Å²) in [6.45, 7) is 0. The smallest absolute Gasteiger partial charge is 0.261 e. The molecule has 6 heteroatoms. The molecule has 0 aliphatic heterocycles. The third-order valence-corrected chi connectivity index (χ3v) is 5.33. The Bertz CT molecular complexity index is 1000. The Morgan fingerprint density at radius 3 is 2.11 bits per heavy atom. The lowest BCUT2D eigenvalue weighted by atomic mass is 10.1. The summed E-state index contributed by atoms with van der Waals surface area (Å²) in [4.78, 5) is 12.3. The normalized spacial score (nSPS) is 11.0. The average molecular weight is 380 g/mol. The van der Waals surface area contributed by atoms with Gasteiger partial charge in [0.15, 0.2) is 0 Å². The molecule has 2 N–H and O–H groups in total. The third kappa shape index (κ3) is 5.43. The van der Waals surface area contributed by atoms with Crippen LogP contribution in [0.4, 0.5) is 11.4 Å². The SMILES string of the molecule is O=C(CCc1ccccc1)Nc1cccc(NS(=O)(=O)c2ccccc2)c1. The van der Waals surface area contributed by atoms with Crippen molar-refractivity contribution < 1.29 is 13.2 Å². The number of nitrogens with one attached hydrogen (secondary N) is 2. The van der Waals surface area contributed by atoms with Gasteiger partial charge in [-0.1, -0.05) is 54.6 Å². The molecule has 27 heavy (non-hydrogen) atoms. The van der Waals surface area contributed by atoms with Gasteiger partial charge in [0.05, 0.1) is 10.6 Å². The zero-order valence-corrected chi connectivity index (χ0v) is 15.4. The molecule has 0 aliphatic carbocycles. The van der Waals surface area contributed by atoms with E-state index in [9.17, 15) is 13.2 Å². The molecular weight excluding hydrogens is 360 g/mol. The summed E-state index contributed by atoms with van der Waals surface area (Å²) in [5.74, 6) is -0.123. The molecule has 0 unspecified atom stereocenters. The fourth-order valence-electron chi connectivity index (χ4n) is 2.60. The molecule has 0 aliphatic rings. The number of rotatable bonds is 7. The number of sulfonamides is 1. The number of carbonyl (C=O) groups excluding carboxylic acids is 1. The number of benzene rings is 3. The first kappa shape index (κ1) is 18.7. The predicted molar refractivity (Wildman–Crippen MR) is 107 cm³/mol. The van der Waals surface area contributed by atoms with Crippen LogP contribution in [0.2, 0.25) is 0 Å². The first-order valence-electron chi connectivity index (χ1n) is 8.55. The summed E-state index contributed by atoms with van der Waals surface area (Å²) in [6.07, 6.45) is 0.997. The minimum Gasteiger partial charge on any atom is -0.326 e. The van der Waals surface area contributed by atoms with Crippen LogP contribution in [0.5, 0.6) is 0 Å². The molecule has 0 heterocycles. The zero-order valence-electron chi connectivity index (χ0n) is 14.6. The fraction of sp³-hybridized carbons (Fsp3) is 0.0952. The lowest BCUT2D eigenvalue weighted by Gasteiger charge is -2.10. The molecule has 0 saturated heterocycles. The quantitative estimate of drug-likeness (QED) is 0.649. The predicted octanol–water partition coefficient (Wildman–Crippen LogP) is 4.06. The third-order valence-electron chi connectivity index (χ3n) is 3.94. The molecule has 0 atom stereocenters. The van der Waals surface area contributed by atoms with Crippen LogP contribution in [-0.4, -0.2) is 14.3 Å². The van der Waals surface area contributed by atoms with Gasteiger partial charge in [-0.15, -0.1) is 0 Å². The minimum absolute atomic E-state index is 0.123. The summed E-state index contributed by atoms with van der Waals surface area (Å²) in [6, 6.07) is 24.6. The Hall–Kier alpha value is -3.12. The van der Waals surface area contributed by atoms with Crippen LogP contribution in [0.3, 0.4) is 0 Å². The van der Waals surface area contributed by atoms with E-state index in [1.165, 1.54) is 12.1 Å². The standard InChI is InChI=1S/C21H20N2O3S/c24-21(15-14-17-8-3-1-4-9-17)22-18-10-7-11-19(16-18)23-27(25,26)20-12-5-2-6-13-20/h1-13,16,23H,14-15H2,(H,22,24). The van der Waals surface area contributed by atoms with Crippen molar-refractivity contribution in [2.45, 2.75) is 17.7 Å². The van der Waals surface area contributed by atoms with Crippen LogP contribution >= 0.6 is 0 Å². The molecule has 0 radical (unpaired) electrons. The Labute approximate surface area is 159 Å². The van der Waals surface area contributed by atoms with Crippen LogP contribution in [0.1, 0.15) is 12.0 Å². The van der Waals surface area contributed by atoms with E-state index in [-0.39, 0.29) is 10.8 Å². The molecule has 3 rings (SSSR count). The molecule has 0 fully saturated rings. The maximum atomic E-state index is 12.4. The first-order valence-corrected chi connectivity index (χ1v) is 10.0. The van der Waals surface area contributed by atoms with Crippen molar-refractivity contribution in [2.75, 3.05) is 10.0 Å². The van der Waals surface area contributed by atoms with Gasteiger partial charge in [-0.2, -0.15) is 0 Å². The summed E-state index contributed by atoms with van der Waals surface area (Å²) in [5.41, 5.74) is 2.03. The van der Waals surface area contributed by atoms with E-state index >= 15 is 0 Å². The second-order valence-electron chi connectivity index (χ2n) is 6.03. The highest BCUT2D eigenvalue weighted by Gasteiger charge is 2.13. The number of carbonyl (C=O) groups is 1. The van der Waals surface area contributed by atoms with Crippen LogP contribution in [-0.2, 0) is 21.2 Å². The molecule has 0 saturated carbocycles. The average Bonchev–Trinajstić information content (AvgIpc) is 2.68. The van der Waals surface area contributed by atoms with E-state index in [0.29, 0.717) is 24.2 Å². The molecule has 0 aromatic heterocycles. The number of aryl methyl sites for hydroxylation is 1. The van der Waals surface area contributed by atoms with Crippen molar-refractivity contribution >= 4 is 27.3 Å². The molecule has 3 aromatic carbocycles. The highest BCUT2D eigenvalue weighted by atomic mass is 32.2. The van der Waals surface area contributed by atoms with Crippen LogP contribution < -0.4 is 10.0 Å². The van der Waals surface area contributed by atoms with E-state index in [4.69, 9.17) is 0 Å². The lowest BCUT2D eigenvalue weighted by Crippen LogP contribution is -2.14. The molecule has 0 bridgehead atoms. The Kier molecular flexibility index (Phi) is 5.88. The van der Waals surface area contributed by atoms with Gasteiger partial charge in [0, 0.05) is 12.1 Å². The van der Waals surface area contributed by atoms with Gasteiger partial charge in [0.1, 0.15) is 0 Å². The zero-order chi connectivity index (χ0) is 19.1. The van der Waals surface area contributed by atoms with Crippen molar-refractivity contribution in [3.8, 4) is 0 Å². The van der Waals surface area contributed by atoms with Gasteiger partial charge >= 0.3 is 0 Å². The van der Waals surface area contributed by atoms with Crippen molar-refractivity contribution in [3.63, 3.8) is 0 Å². The van der Waals surface area contributed by atoms with Gasteiger partial charge in [-0.25, -0.2) is 8.42 Å². The summed E-state index contributed by atoms with van der Waals surface area (Å²) >= 11 is 0. The monoisotopic (exact) mass is 380 g/mol. The first-order chi connectivity index (χ1) is 13.0. The number of anilines is 2. The lowest BCUT2D eigenvalue weighted by molar-refractivity contribution is -0.116. The molecule has 3 aromatic rings. The molecule has 138 valence electrons. The summed E-state index contributed by atoms with van der Waals surface area (Å²) in [5, 5.41) is 2.80. The van der Waals surface area contributed by atoms with Crippen molar-refractivity contribution in [3.05, 3.63) is 90.5 Å². The highest BCUT2D eigenvalue weighted by Crippen LogP contribution is 2.19. The largest absolute Gasteiger partial charge is 0.326 e. The Balaban J connectivity index is 1.62. The van der Waals surface area contributed by atoms with Crippen LogP contribution in [0, 0.1) is 0 Å². The molecule has 0 spiro atoms. The van der Waals surface area contributed by atoms with Crippen molar-refractivity contribution in [2.24, 2.45) is 0 Å². The fourth-order valence-corrected chi connectivity index (χ4v) is 3.67. The molecule has 5 nitrogen and oxygen atoms in total. The van der Waals surface area contributed by atoms with E-state index in [0.717, 1.165) is 5.56 Å². The number of amides is 1. The second-order valence-corrected chi connectivity index (χ2v) is 7.72. The Morgan fingerprint density at radius 2 is 1.41 bits per heavy atom. The summed E-state index contributed by atoms with van der Waals surface area (Å²) in [7, 11) is -3.67. The van der Waals surface area contributed by atoms with E-state index in [1.807, 2.05) is 30.3 Å². The van der Waals surface area contributed by atoms with Gasteiger partial charge in [0.25, 0.3) is 10.0 Å². The van der Waals surface area contributed by atoms with Crippen molar-refractivity contribution in [1.29, 1.82) is 0 Å². The van der Waals surface area contributed by atoms with Crippen LogP contribution in [0.25, 0.3) is 0 Å². The van der Waals surface area contributed by atoms with Gasteiger partial charge < -0.3 is 5.32 Å². The topological polar surface area (TPSA) is 75.3 Å². The van der Waals surface area contributed by atoms with Crippen LogP contribution in [0.15, 0.2) is 89.8 Å². The van der Waals surface area contributed by atoms with Gasteiger partial charge in [-0.05, 0) is 42.3 Å². The number of hydrogen-bond donors (Lipinski definition) is 2. The van der Waals surface area contributed by atoms with Gasteiger partial charge in [0.2, 0.25) is 5.91 Å². The second kappa shape index (κ2) is 8.51. The summed E-state index contributed by atoms with van der Waals surface area (Å²) < 4.78 is 27.3. The van der Waals surface area contributed by atoms with Gasteiger partial charge in [-0.3, -0.25) is 9.52 Å². The van der Waals surface area contributed by atoms with Crippen molar-refractivity contribution in [1.82, 2.24) is 0 Å². The van der Waals surface area contributed by atoms with E-state index < -0.39 is 10.0 Å². The maximum Gasteiger partial charge on any atom is 0.261 e. The molecule has 1 amide bonds. The minimum atomic E-state index is -3.67.